The minimum Gasteiger partial charge on any atom is -0.309 e. The number of fused-ring (bicyclic) bond motifs is 9. The predicted molar refractivity (Wildman–Crippen MR) is 382 cm³/mol. The molecule has 95 heavy (non-hydrogen) atoms. The van der Waals surface area contributed by atoms with Gasteiger partial charge in [0.2, 0.25) is 0 Å². The molecule has 9 nitrogen and oxygen atoms in total. The van der Waals surface area contributed by atoms with Crippen LogP contribution in [-0.4, -0.2) is 23.7 Å². The Morgan fingerprint density at radius 3 is 0.958 bits per heavy atom. The highest BCUT2D eigenvalue weighted by atomic mass is 15.0. The van der Waals surface area contributed by atoms with Crippen molar-refractivity contribution in [3.8, 4) is 120 Å². The second kappa shape index (κ2) is 22.7. The van der Waals surface area contributed by atoms with Crippen LogP contribution in [-0.2, 0) is 0 Å². The van der Waals surface area contributed by atoms with Crippen LogP contribution in [0.1, 0.15) is 22.3 Å². The average Bonchev–Trinajstić information content (AvgIpc) is 1.66. The van der Waals surface area contributed by atoms with Crippen molar-refractivity contribution in [2.45, 2.75) is 0 Å². The van der Waals surface area contributed by atoms with Gasteiger partial charge in [0.25, 0.3) is 0 Å². The van der Waals surface area contributed by atoms with Gasteiger partial charge in [-0.15, -0.1) is 0 Å². The van der Waals surface area contributed by atoms with Gasteiger partial charge in [-0.25, -0.2) is 9.97 Å². The van der Waals surface area contributed by atoms with E-state index in [-0.39, 0.29) is 0 Å². The molecule has 4 aromatic heterocycles. The molecule has 0 aliphatic rings. The van der Waals surface area contributed by atoms with Gasteiger partial charge in [-0.3, -0.25) is 0 Å². The number of para-hydroxylation sites is 4. The quantitative estimate of drug-likeness (QED) is 0.134. The maximum absolute atomic E-state index is 10.2. The molecular weight excluding hydrogens is 1160 g/mol. The average molecular weight is 1210 g/mol. The molecule has 0 saturated heterocycles. The molecule has 0 spiro atoms. The largest absolute Gasteiger partial charge is 0.309 e. The van der Waals surface area contributed by atoms with E-state index in [1.54, 1.807) is 12.1 Å². The van der Waals surface area contributed by atoms with Gasteiger partial charge >= 0.3 is 0 Å². The van der Waals surface area contributed by atoms with Crippen LogP contribution in [0.5, 0.6) is 0 Å². The molecule has 0 radical (unpaired) electrons. The Morgan fingerprint density at radius 1 is 0.232 bits per heavy atom. The standard InChI is InChI=1S/C86H49N9/c87-50-54-39-55(51-88)42-64(41-54)62-31-37-83-75(45-62)76-46-63(65-43-56(52-89)40-57(44-65)53-90)32-38-84(76)95(83)85-73(58-27-33-67(34-28-58)93-79-23-11-7-19-69(79)70-20-8-12-24-80(70)93)47-66(78-49-77(60-15-3-1-4-16-60)91-86(92-78)61-17-5-2-6-18-61)48-74(85)59-29-35-68(36-30-59)94-81-25-13-9-21-71(81)72-22-10-14-26-82(72)94/h1-49H. The minimum atomic E-state index is 0.382. The molecular formula is C86H49N9. The summed E-state index contributed by atoms with van der Waals surface area (Å²) in [5.74, 6) is 0.596. The third-order valence-corrected chi connectivity index (χ3v) is 18.3. The SMILES string of the molecule is N#Cc1cc(C#N)cc(-c2ccc3c(c2)c2cc(-c4cc(C#N)cc(C#N)c4)ccc2n3-c2c(-c3ccc(-n4c5ccccc5c5ccccc54)cc3)cc(-c3cc(-c4ccccc4)nc(-c4ccccc4)n3)cc2-c2ccc(-n3c4ccccc4c4ccccc43)cc2)c1. The van der Waals surface area contributed by atoms with Crippen molar-refractivity contribution in [1.82, 2.24) is 23.7 Å². The molecule has 0 fully saturated rings. The molecule has 0 N–H and O–H groups in total. The van der Waals surface area contributed by atoms with Gasteiger partial charge in [0.15, 0.2) is 5.82 Å². The Labute approximate surface area is 546 Å². The van der Waals surface area contributed by atoms with Crippen LogP contribution in [0.4, 0.5) is 0 Å². The fourth-order valence-corrected chi connectivity index (χ4v) is 14.0. The molecule has 0 bridgehead atoms. The number of nitriles is 4. The van der Waals surface area contributed by atoms with Gasteiger partial charge in [-0.05, 0) is 161 Å². The van der Waals surface area contributed by atoms with Crippen LogP contribution < -0.4 is 0 Å². The molecule has 0 amide bonds. The van der Waals surface area contributed by atoms with Crippen LogP contribution in [0.3, 0.4) is 0 Å². The predicted octanol–water partition coefficient (Wildman–Crippen LogP) is 20.9. The van der Waals surface area contributed by atoms with Gasteiger partial charge in [0, 0.05) is 71.5 Å². The Kier molecular flexibility index (Phi) is 13.2. The summed E-state index contributed by atoms with van der Waals surface area (Å²) in [6.07, 6.45) is 0. The fourth-order valence-electron chi connectivity index (χ4n) is 14.0. The Bertz CT molecular complexity index is 5640. The van der Waals surface area contributed by atoms with Crippen LogP contribution in [0.15, 0.2) is 297 Å². The summed E-state index contributed by atoms with van der Waals surface area (Å²) in [5, 5.41) is 47.4. The highest BCUT2D eigenvalue weighted by Gasteiger charge is 2.25. The highest BCUT2D eigenvalue weighted by Crippen LogP contribution is 2.47. The van der Waals surface area contributed by atoms with Crippen LogP contribution in [0.2, 0.25) is 0 Å². The van der Waals surface area contributed by atoms with Crippen molar-refractivity contribution in [2.24, 2.45) is 0 Å². The van der Waals surface area contributed by atoms with Crippen molar-refractivity contribution in [3.63, 3.8) is 0 Å². The number of benzene rings is 13. The van der Waals surface area contributed by atoms with Crippen molar-refractivity contribution >= 4 is 65.4 Å². The van der Waals surface area contributed by atoms with Gasteiger partial charge in [0.1, 0.15) is 0 Å². The van der Waals surface area contributed by atoms with E-state index in [4.69, 9.17) is 9.97 Å². The van der Waals surface area contributed by atoms with Gasteiger partial charge in [-0.2, -0.15) is 21.0 Å². The highest BCUT2D eigenvalue weighted by molar-refractivity contribution is 6.14. The molecule has 17 rings (SSSR count). The summed E-state index contributed by atoms with van der Waals surface area (Å²) < 4.78 is 7.05. The van der Waals surface area contributed by atoms with Crippen molar-refractivity contribution in [2.75, 3.05) is 0 Å². The third-order valence-electron chi connectivity index (χ3n) is 18.3. The zero-order chi connectivity index (χ0) is 63.7. The van der Waals surface area contributed by atoms with Gasteiger partial charge in [0.05, 0.1) is 96.7 Å². The molecule has 0 aliphatic carbocycles. The van der Waals surface area contributed by atoms with Crippen LogP contribution in [0.25, 0.3) is 161 Å². The zero-order valence-corrected chi connectivity index (χ0v) is 50.8. The molecule has 0 saturated carbocycles. The molecule has 0 aliphatic heterocycles. The number of hydrogen-bond donors (Lipinski definition) is 0. The van der Waals surface area contributed by atoms with Crippen LogP contribution >= 0.6 is 0 Å². The summed E-state index contributed by atoms with van der Waals surface area (Å²) in [7, 11) is 0. The summed E-state index contributed by atoms with van der Waals surface area (Å²) in [6.45, 7) is 0. The summed E-state index contributed by atoms with van der Waals surface area (Å²) in [4.78, 5) is 10.7. The normalized spacial score (nSPS) is 11.3. The second-order valence-electron chi connectivity index (χ2n) is 23.8. The van der Waals surface area contributed by atoms with Gasteiger partial charge in [-0.1, -0.05) is 170 Å². The number of hydrogen-bond acceptors (Lipinski definition) is 6. The summed E-state index contributed by atoms with van der Waals surface area (Å²) in [6, 6.07) is 111. The maximum atomic E-state index is 10.2. The molecule has 0 atom stereocenters. The first-order valence-electron chi connectivity index (χ1n) is 31.2. The molecule has 17 aromatic rings. The number of nitrogens with zero attached hydrogens (tertiary/aromatic N) is 9. The van der Waals surface area contributed by atoms with Gasteiger partial charge < -0.3 is 13.7 Å². The monoisotopic (exact) mass is 1210 g/mol. The van der Waals surface area contributed by atoms with E-state index in [0.29, 0.717) is 28.1 Å². The minimum absolute atomic E-state index is 0.382. The van der Waals surface area contributed by atoms with Crippen LogP contribution in [0, 0.1) is 45.3 Å². The number of aromatic nitrogens is 5. The lowest BCUT2D eigenvalue weighted by Gasteiger charge is -2.22. The lowest BCUT2D eigenvalue weighted by Crippen LogP contribution is -2.03. The first-order chi connectivity index (χ1) is 46.9. The van der Waals surface area contributed by atoms with E-state index >= 15 is 0 Å². The van der Waals surface area contributed by atoms with E-state index in [1.165, 1.54) is 21.5 Å². The number of rotatable bonds is 10. The molecule has 9 heteroatoms. The Balaban J connectivity index is 0.985. The topological polar surface area (TPSA) is 136 Å². The molecule has 4 heterocycles. The first kappa shape index (κ1) is 55.4. The van der Waals surface area contributed by atoms with Crippen molar-refractivity contribution in [1.29, 1.82) is 21.0 Å². The second-order valence-corrected chi connectivity index (χ2v) is 23.8. The van der Waals surface area contributed by atoms with E-state index in [9.17, 15) is 21.0 Å². The lowest BCUT2D eigenvalue weighted by atomic mass is 9.91. The fraction of sp³-hybridized carbons (Fsp3) is 0. The van der Waals surface area contributed by atoms with E-state index in [2.05, 4.69) is 262 Å². The van der Waals surface area contributed by atoms with E-state index in [0.717, 1.165) is 134 Å². The molecule has 438 valence electrons. The van der Waals surface area contributed by atoms with E-state index < -0.39 is 0 Å². The summed E-state index contributed by atoms with van der Waals surface area (Å²) in [5.41, 5.74) is 21.8. The summed E-state index contributed by atoms with van der Waals surface area (Å²) >= 11 is 0. The van der Waals surface area contributed by atoms with Crippen molar-refractivity contribution < 1.29 is 0 Å². The molecule has 13 aromatic carbocycles. The Hall–Kier alpha value is -13.7. The lowest BCUT2D eigenvalue weighted by molar-refractivity contribution is 1.16. The Morgan fingerprint density at radius 2 is 0.568 bits per heavy atom. The zero-order valence-electron chi connectivity index (χ0n) is 50.8. The third kappa shape index (κ3) is 9.45. The van der Waals surface area contributed by atoms with E-state index in [1.807, 2.05) is 60.7 Å². The molecule has 0 unspecified atom stereocenters. The van der Waals surface area contributed by atoms with Crippen molar-refractivity contribution in [3.05, 3.63) is 320 Å². The maximum Gasteiger partial charge on any atom is 0.160 e. The smallest absolute Gasteiger partial charge is 0.160 e. The first-order valence-corrected chi connectivity index (χ1v) is 31.2.